The molecule has 0 fully saturated rings. The van der Waals surface area contributed by atoms with E-state index in [4.69, 9.17) is 11.6 Å². The van der Waals surface area contributed by atoms with Gasteiger partial charge in [0.25, 0.3) is 0 Å². The van der Waals surface area contributed by atoms with Crippen LogP contribution in [0.5, 0.6) is 0 Å². The number of aromatic nitrogens is 2. The summed E-state index contributed by atoms with van der Waals surface area (Å²) in [4.78, 5) is 9.27. The van der Waals surface area contributed by atoms with Crippen molar-refractivity contribution in [1.82, 2.24) is 10.2 Å². The number of nitrogens with one attached hydrogen (secondary N) is 1. The molecule has 1 rings (SSSR count). The number of rotatable bonds is 1. The van der Waals surface area contributed by atoms with Crippen LogP contribution in [0.3, 0.4) is 0 Å². The highest BCUT2D eigenvalue weighted by Crippen LogP contribution is 2.18. The zero-order chi connectivity index (χ0) is 6.85. The maximum Gasteiger partial charge on any atom is 0.408 e. The van der Waals surface area contributed by atoms with Crippen molar-refractivity contribution in [3.63, 3.8) is 0 Å². The molecule has 0 aliphatic rings. The molecule has 0 saturated carbocycles. The maximum atomic E-state index is 9.92. The van der Waals surface area contributed by atoms with E-state index < -0.39 is 4.92 Å². The fourth-order valence-electron chi connectivity index (χ4n) is 0.396. The molecule has 0 unspecified atom stereocenters. The number of nitrogens with zero attached hydrogens (tertiary/aromatic N) is 2. The Kier molecular flexibility index (Phi) is 1.35. The van der Waals surface area contributed by atoms with Crippen molar-refractivity contribution in [2.75, 3.05) is 0 Å². The summed E-state index contributed by atoms with van der Waals surface area (Å²) in [5.74, 6) is -0.336. The van der Waals surface area contributed by atoms with Crippen molar-refractivity contribution in [2.45, 2.75) is 0 Å². The van der Waals surface area contributed by atoms with E-state index in [1.54, 1.807) is 0 Å². The van der Waals surface area contributed by atoms with E-state index in [0.717, 1.165) is 0 Å². The van der Waals surface area contributed by atoms with Gasteiger partial charge < -0.3 is 10.1 Å². The van der Waals surface area contributed by atoms with E-state index in [0.29, 0.717) is 0 Å². The smallest absolute Gasteiger partial charge is 0.358 e. The monoisotopic (exact) mass is 147 g/mol. The third kappa shape index (κ3) is 0.996. The highest BCUT2D eigenvalue weighted by molar-refractivity contribution is 6.32. The second-order valence-electron chi connectivity index (χ2n) is 1.31. The van der Waals surface area contributed by atoms with Crippen LogP contribution in [0.1, 0.15) is 0 Å². The molecule has 0 aromatic carbocycles. The van der Waals surface area contributed by atoms with Crippen LogP contribution in [0.2, 0.25) is 5.02 Å². The summed E-state index contributed by atoms with van der Waals surface area (Å²) in [6.45, 7) is 0. The minimum atomic E-state index is -0.654. The largest absolute Gasteiger partial charge is 0.408 e. The van der Waals surface area contributed by atoms with Gasteiger partial charge in [-0.2, -0.15) is 5.10 Å². The van der Waals surface area contributed by atoms with Crippen LogP contribution in [0.25, 0.3) is 0 Å². The summed E-state index contributed by atoms with van der Waals surface area (Å²) < 4.78 is 0. The lowest BCUT2D eigenvalue weighted by Gasteiger charge is -1.83. The van der Waals surface area contributed by atoms with Gasteiger partial charge in [-0.25, -0.2) is 0 Å². The molecule has 48 valence electrons. The lowest BCUT2D eigenvalue weighted by Crippen LogP contribution is -1.87. The summed E-state index contributed by atoms with van der Waals surface area (Å²) >= 11 is 5.30. The highest BCUT2D eigenvalue weighted by Gasteiger charge is 2.13. The molecule has 0 spiro atoms. The first-order valence-corrected chi connectivity index (χ1v) is 2.43. The van der Waals surface area contributed by atoms with Crippen LogP contribution in [0, 0.1) is 10.1 Å². The summed E-state index contributed by atoms with van der Waals surface area (Å²) in [6.07, 6.45) is 1.25. The average Bonchev–Trinajstić information content (AvgIpc) is 2.13. The molecular formula is C3H2ClN3O2. The first-order valence-electron chi connectivity index (χ1n) is 2.05. The van der Waals surface area contributed by atoms with Crippen molar-refractivity contribution >= 4 is 17.4 Å². The second kappa shape index (κ2) is 2.02. The van der Waals surface area contributed by atoms with Gasteiger partial charge >= 0.3 is 5.82 Å². The minimum Gasteiger partial charge on any atom is -0.358 e. The van der Waals surface area contributed by atoms with Crippen LogP contribution in [-0.2, 0) is 0 Å². The Morgan fingerprint density at radius 1 is 1.89 bits per heavy atom. The van der Waals surface area contributed by atoms with Gasteiger partial charge in [-0.1, -0.05) is 11.6 Å². The highest BCUT2D eigenvalue weighted by atomic mass is 35.5. The number of halogens is 1. The van der Waals surface area contributed by atoms with Crippen LogP contribution >= 0.6 is 11.6 Å². The number of H-pyrrole nitrogens is 1. The Labute approximate surface area is 54.8 Å². The normalized spacial score (nSPS) is 9.44. The molecule has 0 bridgehead atoms. The summed E-state index contributed by atoms with van der Waals surface area (Å²) in [6, 6.07) is 0. The molecule has 0 saturated heterocycles. The molecule has 1 heterocycles. The number of hydrogen-bond donors (Lipinski definition) is 1. The molecule has 5 nitrogen and oxygen atoms in total. The molecule has 0 aliphatic carbocycles. The molecule has 6 heteroatoms. The van der Waals surface area contributed by atoms with Gasteiger partial charge in [0.05, 0.1) is 11.3 Å². The van der Waals surface area contributed by atoms with E-state index in [9.17, 15) is 10.1 Å². The van der Waals surface area contributed by atoms with Gasteiger partial charge in [-0.15, -0.1) is 0 Å². The Morgan fingerprint density at radius 2 is 2.56 bits per heavy atom. The predicted molar refractivity (Wildman–Crippen MR) is 30.3 cm³/mol. The van der Waals surface area contributed by atoms with Crippen molar-refractivity contribution in [3.05, 3.63) is 21.3 Å². The lowest BCUT2D eigenvalue weighted by atomic mass is 10.7. The molecule has 0 aliphatic heterocycles. The van der Waals surface area contributed by atoms with E-state index in [1.807, 2.05) is 0 Å². The van der Waals surface area contributed by atoms with Crippen LogP contribution < -0.4 is 0 Å². The molecule has 0 amide bonds. The van der Waals surface area contributed by atoms with Gasteiger partial charge in [-0.05, 0) is 4.92 Å². The Hall–Kier alpha value is -1.10. The molecule has 0 atom stereocenters. The molecule has 1 aromatic rings. The first-order chi connectivity index (χ1) is 4.22. The van der Waals surface area contributed by atoms with Gasteiger partial charge in [0.1, 0.15) is 0 Å². The van der Waals surface area contributed by atoms with Crippen LogP contribution in [0.15, 0.2) is 6.20 Å². The first kappa shape index (κ1) is 6.03. The third-order valence-corrected chi connectivity index (χ3v) is 1.03. The topological polar surface area (TPSA) is 71.8 Å². The Balaban J connectivity index is 3.08. The average molecular weight is 148 g/mol. The quantitative estimate of drug-likeness (QED) is 0.475. The zero-order valence-electron chi connectivity index (χ0n) is 4.17. The second-order valence-corrected chi connectivity index (χ2v) is 1.72. The molecule has 1 N–H and O–H groups in total. The number of aromatic amines is 1. The molecular weight excluding hydrogens is 146 g/mol. The van der Waals surface area contributed by atoms with Gasteiger partial charge in [0.2, 0.25) is 0 Å². The van der Waals surface area contributed by atoms with Crippen molar-refractivity contribution in [3.8, 4) is 0 Å². The Morgan fingerprint density at radius 3 is 2.78 bits per heavy atom. The van der Waals surface area contributed by atoms with Crippen molar-refractivity contribution < 1.29 is 4.92 Å². The number of hydrogen-bond acceptors (Lipinski definition) is 3. The molecule has 9 heavy (non-hydrogen) atoms. The molecule has 1 aromatic heterocycles. The van der Waals surface area contributed by atoms with E-state index in [-0.39, 0.29) is 10.8 Å². The maximum absolute atomic E-state index is 9.92. The van der Waals surface area contributed by atoms with Crippen molar-refractivity contribution in [2.24, 2.45) is 0 Å². The lowest BCUT2D eigenvalue weighted by molar-refractivity contribution is -0.389. The SMILES string of the molecule is O=[N+]([O-])c1n[nH]cc1Cl. The third-order valence-electron chi connectivity index (χ3n) is 0.748. The fraction of sp³-hybridized carbons (Fsp3) is 0. The zero-order valence-corrected chi connectivity index (χ0v) is 4.92. The summed E-state index contributed by atoms with van der Waals surface area (Å²) in [5, 5.41) is 15.5. The number of nitro groups is 1. The van der Waals surface area contributed by atoms with Gasteiger partial charge in [0, 0.05) is 0 Å². The summed E-state index contributed by atoms with van der Waals surface area (Å²) in [5.41, 5.74) is 0. The molecule has 0 radical (unpaired) electrons. The van der Waals surface area contributed by atoms with Crippen LogP contribution in [0.4, 0.5) is 5.82 Å². The van der Waals surface area contributed by atoms with Gasteiger partial charge in [-0.3, -0.25) is 0 Å². The predicted octanol–water partition coefficient (Wildman–Crippen LogP) is 0.971. The summed E-state index contributed by atoms with van der Waals surface area (Å²) in [7, 11) is 0. The minimum absolute atomic E-state index is 0.0278. The van der Waals surface area contributed by atoms with E-state index in [1.165, 1.54) is 6.20 Å². The van der Waals surface area contributed by atoms with Gasteiger partial charge in [0.15, 0.2) is 5.02 Å². The standard InChI is InChI=1S/C3H2ClN3O2/c4-2-1-5-6-3(2)7(8)9/h1H,(H,5,6). The van der Waals surface area contributed by atoms with E-state index in [2.05, 4.69) is 10.2 Å². The van der Waals surface area contributed by atoms with Crippen molar-refractivity contribution in [1.29, 1.82) is 0 Å². The Bertz CT molecular complexity index is 233. The van der Waals surface area contributed by atoms with Crippen LogP contribution in [-0.4, -0.2) is 15.1 Å². The fourth-order valence-corrected chi connectivity index (χ4v) is 0.556. The van der Waals surface area contributed by atoms with E-state index >= 15 is 0 Å².